The number of aromatic nitrogens is 1. The number of amides is 1. The predicted octanol–water partition coefficient (Wildman–Crippen LogP) is 3.37. The molecule has 1 aliphatic rings. The Bertz CT molecular complexity index is 852. The molecule has 0 radical (unpaired) electrons. The SMILES string of the molecule is CN=C(NCCC(=O)Nc1ccc(C)cn1)NCC1(c2cccc(F)c2)CC1.I. The van der Waals surface area contributed by atoms with Gasteiger partial charge in [-0.15, -0.1) is 24.0 Å². The molecule has 1 aromatic carbocycles. The molecule has 1 fully saturated rings. The molecule has 3 rings (SSSR count). The number of hydrogen-bond donors (Lipinski definition) is 3. The van der Waals surface area contributed by atoms with E-state index in [1.165, 1.54) is 6.07 Å². The van der Waals surface area contributed by atoms with Crippen molar-refractivity contribution in [2.75, 3.05) is 25.5 Å². The first-order chi connectivity index (χ1) is 13.5. The molecule has 0 aliphatic heterocycles. The van der Waals surface area contributed by atoms with E-state index in [1.54, 1.807) is 31.4 Å². The highest BCUT2D eigenvalue weighted by Crippen LogP contribution is 2.47. The Kier molecular flexibility index (Phi) is 8.36. The van der Waals surface area contributed by atoms with Crippen molar-refractivity contribution in [2.45, 2.75) is 31.6 Å². The summed E-state index contributed by atoms with van der Waals surface area (Å²) in [6, 6.07) is 10.5. The molecule has 1 saturated carbocycles. The molecule has 8 heteroatoms. The number of carbonyl (C=O) groups excluding carboxylic acids is 1. The van der Waals surface area contributed by atoms with E-state index in [2.05, 4.69) is 25.9 Å². The van der Waals surface area contributed by atoms with Crippen LogP contribution in [0.2, 0.25) is 0 Å². The van der Waals surface area contributed by atoms with Gasteiger partial charge in [-0.1, -0.05) is 18.2 Å². The van der Waals surface area contributed by atoms with Crippen molar-refractivity contribution in [3.63, 3.8) is 0 Å². The van der Waals surface area contributed by atoms with Gasteiger partial charge in [0.1, 0.15) is 11.6 Å². The monoisotopic (exact) mass is 511 g/mol. The number of anilines is 1. The van der Waals surface area contributed by atoms with E-state index >= 15 is 0 Å². The molecule has 0 saturated heterocycles. The second kappa shape index (κ2) is 10.5. The Morgan fingerprint density at radius 2 is 2.03 bits per heavy atom. The first-order valence-electron chi connectivity index (χ1n) is 9.44. The molecular formula is C21H27FIN5O. The average Bonchev–Trinajstić information content (AvgIpc) is 3.47. The van der Waals surface area contributed by atoms with Gasteiger partial charge in [0.05, 0.1) is 0 Å². The lowest BCUT2D eigenvalue weighted by Crippen LogP contribution is -2.42. The molecule has 1 aromatic heterocycles. The number of benzene rings is 1. The third-order valence-corrected chi connectivity index (χ3v) is 4.93. The maximum absolute atomic E-state index is 13.5. The first-order valence-corrected chi connectivity index (χ1v) is 9.44. The Morgan fingerprint density at radius 1 is 1.24 bits per heavy atom. The van der Waals surface area contributed by atoms with E-state index in [4.69, 9.17) is 0 Å². The van der Waals surface area contributed by atoms with Crippen LogP contribution >= 0.6 is 24.0 Å². The topological polar surface area (TPSA) is 78.4 Å². The first kappa shape index (κ1) is 23.1. The van der Waals surface area contributed by atoms with Gasteiger partial charge in [-0.05, 0) is 49.1 Å². The molecule has 2 aromatic rings. The molecule has 0 bridgehead atoms. The van der Waals surface area contributed by atoms with Crippen LogP contribution in [-0.2, 0) is 10.2 Å². The van der Waals surface area contributed by atoms with Crippen LogP contribution in [0, 0.1) is 12.7 Å². The largest absolute Gasteiger partial charge is 0.356 e. The van der Waals surface area contributed by atoms with Crippen LogP contribution in [0.25, 0.3) is 0 Å². The Hall–Kier alpha value is -2.23. The molecule has 0 spiro atoms. The van der Waals surface area contributed by atoms with E-state index in [1.807, 2.05) is 19.1 Å². The van der Waals surface area contributed by atoms with Gasteiger partial charge in [-0.3, -0.25) is 9.79 Å². The lowest BCUT2D eigenvalue weighted by molar-refractivity contribution is -0.116. The normalized spacial score (nSPS) is 14.5. The fraction of sp³-hybridized carbons (Fsp3) is 0.381. The van der Waals surface area contributed by atoms with Crippen molar-refractivity contribution in [1.82, 2.24) is 15.6 Å². The number of nitrogens with one attached hydrogen (secondary N) is 3. The van der Waals surface area contributed by atoms with Gasteiger partial charge in [0.2, 0.25) is 5.91 Å². The Balaban J connectivity index is 0.00000300. The summed E-state index contributed by atoms with van der Waals surface area (Å²) in [6.45, 7) is 3.07. The molecule has 0 unspecified atom stereocenters. The summed E-state index contributed by atoms with van der Waals surface area (Å²) in [5.74, 6) is 0.853. The van der Waals surface area contributed by atoms with Crippen LogP contribution in [0.5, 0.6) is 0 Å². The van der Waals surface area contributed by atoms with Gasteiger partial charge >= 0.3 is 0 Å². The third kappa shape index (κ3) is 6.66. The molecule has 1 aliphatic carbocycles. The summed E-state index contributed by atoms with van der Waals surface area (Å²) in [4.78, 5) is 20.4. The van der Waals surface area contributed by atoms with Crippen LogP contribution in [-0.4, -0.2) is 37.0 Å². The fourth-order valence-electron chi connectivity index (χ4n) is 3.05. The Morgan fingerprint density at radius 3 is 2.66 bits per heavy atom. The molecule has 6 nitrogen and oxygen atoms in total. The number of halogens is 2. The summed E-state index contributed by atoms with van der Waals surface area (Å²) < 4.78 is 13.5. The maximum atomic E-state index is 13.5. The second-order valence-electron chi connectivity index (χ2n) is 7.16. The lowest BCUT2D eigenvalue weighted by atomic mass is 9.96. The quantitative estimate of drug-likeness (QED) is 0.303. The number of aryl methyl sites for hydroxylation is 1. The van der Waals surface area contributed by atoms with E-state index in [9.17, 15) is 9.18 Å². The van der Waals surface area contributed by atoms with Crippen LogP contribution in [0.4, 0.5) is 10.2 Å². The fourth-order valence-corrected chi connectivity index (χ4v) is 3.05. The number of pyridine rings is 1. The van der Waals surface area contributed by atoms with E-state index in [0.29, 0.717) is 31.3 Å². The van der Waals surface area contributed by atoms with Crippen molar-refractivity contribution in [3.05, 3.63) is 59.5 Å². The summed E-state index contributed by atoms with van der Waals surface area (Å²) >= 11 is 0. The van der Waals surface area contributed by atoms with Gasteiger partial charge in [-0.25, -0.2) is 9.37 Å². The average molecular weight is 511 g/mol. The van der Waals surface area contributed by atoms with Crippen LogP contribution in [0.3, 0.4) is 0 Å². The number of carbonyl (C=O) groups is 1. The minimum Gasteiger partial charge on any atom is -0.356 e. The molecule has 3 N–H and O–H groups in total. The zero-order valence-electron chi connectivity index (χ0n) is 16.7. The van der Waals surface area contributed by atoms with Gasteiger partial charge < -0.3 is 16.0 Å². The lowest BCUT2D eigenvalue weighted by Gasteiger charge is -2.19. The highest BCUT2D eigenvalue weighted by atomic mass is 127. The molecular weight excluding hydrogens is 484 g/mol. The highest BCUT2D eigenvalue weighted by Gasteiger charge is 2.44. The minimum atomic E-state index is -0.208. The summed E-state index contributed by atoms with van der Waals surface area (Å²) in [5.41, 5.74) is 2.02. The van der Waals surface area contributed by atoms with E-state index in [0.717, 1.165) is 24.0 Å². The van der Waals surface area contributed by atoms with Gasteiger partial charge in [0.25, 0.3) is 0 Å². The summed E-state index contributed by atoms with van der Waals surface area (Å²) in [7, 11) is 1.69. The highest BCUT2D eigenvalue weighted by molar-refractivity contribution is 14.0. The van der Waals surface area contributed by atoms with Gasteiger partial charge in [0, 0.05) is 38.2 Å². The zero-order chi connectivity index (χ0) is 20.0. The van der Waals surface area contributed by atoms with Crippen molar-refractivity contribution in [1.29, 1.82) is 0 Å². The minimum absolute atomic E-state index is 0. The molecule has 1 amide bonds. The van der Waals surface area contributed by atoms with E-state index < -0.39 is 0 Å². The van der Waals surface area contributed by atoms with Gasteiger partial charge in [0.15, 0.2) is 5.96 Å². The summed E-state index contributed by atoms with van der Waals surface area (Å²) in [5, 5.41) is 9.20. The number of hydrogen-bond acceptors (Lipinski definition) is 3. The second-order valence-corrected chi connectivity index (χ2v) is 7.16. The van der Waals surface area contributed by atoms with Crippen molar-refractivity contribution in [2.24, 2.45) is 4.99 Å². The molecule has 156 valence electrons. The number of nitrogens with zero attached hydrogens (tertiary/aromatic N) is 2. The number of guanidine groups is 1. The van der Waals surface area contributed by atoms with Crippen LogP contribution in [0.15, 0.2) is 47.6 Å². The maximum Gasteiger partial charge on any atom is 0.227 e. The van der Waals surface area contributed by atoms with Crippen molar-refractivity contribution >= 4 is 41.7 Å². The van der Waals surface area contributed by atoms with E-state index in [-0.39, 0.29) is 41.1 Å². The molecule has 1 heterocycles. The summed E-state index contributed by atoms with van der Waals surface area (Å²) in [6.07, 6.45) is 4.05. The molecule has 0 atom stereocenters. The van der Waals surface area contributed by atoms with Gasteiger partial charge in [-0.2, -0.15) is 0 Å². The van der Waals surface area contributed by atoms with Crippen molar-refractivity contribution < 1.29 is 9.18 Å². The standard InChI is InChI=1S/C21H26FN5O.HI/c1-15-6-7-18(25-13-15)27-19(28)8-11-24-20(23-2)26-14-21(9-10-21)16-4-3-5-17(22)12-16;/h3-7,12-13H,8-11,14H2,1-2H3,(H2,23,24,26)(H,25,27,28);1H. The molecule has 29 heavy (non-hydrogen) atoms. The predicted molar refractivity (Wildman–Crippen MR) is 124 cm³/mol. The zero-order valence-corrected chi connectivity index (χ0v) is 19.0. The number of aliphatic imine (C=N–C) groups is 1. The smallest absolute Gasteiger partial charge is 0.227 e. The van der Waals surface area contributed by atoms with Crippen molar-refractivity contribution in [3.8, 4) is 0 Å². The van der Waals surface area contributed by atoms with Crippen LogP contribution < -0.4 is 16.0 Å². The number of rotatable bonds is 7. The Labute approximate surface area is 187 Å². The third-order valence-electron chi connectivity index (χ3n) is 4.93. The van der Waals surface area contributed by atoms with Crippen LogP contribution in [0.1, 0.15) is 30.4 Å².